The molecule has 1 atom stereocenters. The van der Waals surface area contributed by atoms with Gasteiger partial charge >= 0.3 is 0 Å². The normalized spacial score (nSPS) is 24.4. The lowest BCUT2D eigenvalue weighted by Gasteiger charge is -2.35. The van der Waals surface area contributed by atoms with Crippen LogP contribution in [-0.4, -0.2) is 29.7 Å². The van der Waals surface area contributed by atoms with E-state index in [1.807, 2.05) is 13.8 Å². The molecule has 0 radical (unpaired) electrons. The van der Waals surface area contributed by atoms with Crippen LogP contribution in [-0.2, 0) is 9.53 Å². The number of hydrogen-bond acceptors (Lipinski definition) is 3. The lowest BCUT2D eigenvalue weighted by atomic mass is 9.93. The second-order valence-corrected chi connectivity index (χ2v) is 6.35. The molecule has 1 heterocycles. The van der Waals surface area contributed by atoms with Crippen LogP contribution in [0.15, 0.2) is 0 Å². The van der Waals surface area contributed by atoms with E-state index in [4.69, 9.17) is 10.5 Å². The van der Waals surface area contributed by atoms with Crippen molar-refractivity contribution in [2.45, 2.75) is 70.6 Å². The maximum absolute atomic E-state index is 11.8. The Morgan fingerprint density at radius 1 is 1.53 bits per heavy atom. The molecule has 0 saturated carbocycles. The van der Waals surface area contributed by atoms with Gasteiger partial charge in [0.2, 0.25) is 5.91 Å². The maximum atomic E-state index is 11.8. The number of amides is 1. The summed E-state index contributed by atoms with van der Waals surface area (Å²) in [5.74, 6) is 0.103. The van der Waals surface area contributed by atoms with Crippen molar-refractivity contribution >= 4 is 5.91 Å². The van der Waals surface area contributed by atoms with E-state index in [9.17, 15) is 4.79 Å². The van der Waals surface area contributed by atoms with Gasteiger partial charge in [-0.05, 0) is 47.0 Å². The molecule has 4 nitrogen and oxygen atoms in total. The van der Waals surface area contributed by atoms with Gasteiger partial charge in [0.05, 0.1) is 5.60 Å². The molecule has 1 aliphatic heterocycles. The average Bonchev–Trinajstić information content (AvgIpc) is 2.12. The van der Waals surface area contributed by atoms with Crippen LogP contribution in [0.1, 0.15) is 53.4 Å². The summed E-state index contributed by atoms with van der Waals surface area (Å²) < 4.78 is 5.62. The van der Waals surface area contributed by atoms with Crippen molar-refractivity contribution < 1.29 is 9.53 Å². The summed E-state index contributed by atoms with van der Waals surface area (Å²) in [6.07, 6.45) is 3.00. The first-order valence-electron chi connectivity index (χ1n) is 6.40. The maximum Gasteiger partial charge on any atom is 0.220 e. The molecule has 1 rings (SSSR count). The van der Waals surface area contributed by atoms with E-state index in [2.05, 4.69) is 19.2 Å². The Hall–Kier alpha value is -0.610. The summed E-state index contributed by atoms with van der Waals surface area (Å²) in [7, 11) is 0. The van der Waals surface area contributed by atoms with Crippen LogP contribution in [0.2, 0.25) is 0 Å². The number of nitrogens with two attached hydrogens (primary N) is 1. The fourth-order valence-electron chi connectivity index (χ4n) is 2.09. The van der Waals surface area contributed by atoms with Crippen molar-refractivity contribution in [1.82, 2.24) is 5.32 Å². The number of hydrogen-bond donors (Lipinski definition) is 2. The second-order valence-electron chi connectivity index (χ2n) is 6.35. The zero-order valence-electron chi connectivity index (χ0n) is 11.5. The van der Waals surface area contributed by atoms with E-state index in [0.29, 0.717) is 12.8 Å². The van der Waals surface area contributed by atoms with Crippen LogP contribution >= 0.6 is 0 Å². The van der Waals surface area contributed by atoms with Crippen molar-refractivity contribution in [3.8, 4) is 0 Å². The van der Waals surface area contributed by atoms with Crippen molar-refractivity contribution in [1.29, 1.82) is 0 Å². The quantitative estimate of drug-likeness (QED) is 0.786. The number of ether oxygens (including phenoxy) is 1. The van der Waals surface area contributed by atoms with Crippen LogP contribution in [0.5, 0.6) is 0 Å². The van der Waals surface area contributed by atoms with E-state index in [-0.39, 0.29) is 23.1 Å². The van der Waals surface area contributed by atoms with Crippen molar-refractivity contribution in [3.05, 3.63) is 0 Å². The summed E-state index contributed by atoms with van der Waals surface area (Å²) in [5.41, 5.74) is 5.47. The molecule has 1 amide bonds. The highest BCUT2D eigenvalue weighted by molar-refractivity contribution is 5.76. The van der Waals surface area contributed by atoms with Crippen LogP contribution in [0.4, 0.5) is 0 Å². The fraction of sp³-hybridized carbons (Fsp3) is 0.923. The molecule has 0 aromatic carbocycles. The van der Waals surface area contributed by atoms with E-state index in [0.717, 1.165) is 19.4 Å². The first kappa shape index (κ1) is 14.5. The highest BCUT2D eigenvalue weighted by Gasteiger charge is 2.29. The zero-order chi connectivity index (χ0) is 13.1. The number of rotatable bonds is 4. The summed E-state index contributed by atoms with van der Waals surface area (Å²) >= 11 is 0. The molecule has 1 fully saturated rings. The molecule has 1 aliphatic rings. The molecule has 17 heavy (non-hydrogen) atoms. The Balaban J connectivity index is 2.31. The first-order valence-corrected chi connectivity index (χ1v) is 6.40. The van der Waals surface area contributed by atoms with Gasteiger partial charge in [-0.2, -0.15) is 0 Å². The summed E-state index contributed by atoms with van der Waals surface area (Å²) in [6, 6.07) is 0.243. The molecule has 1 saturated heterocycles. The van der Waals surface area contributed by atoms with Gasteiger partial charge in [-0.25, -0.2) is 0 Å². The molecule has 4 heteroatoms. The summed E-state index contributed by atoms with van der Waals surface area (Å²) in [4.78, 5) is 11.8. The Labute approximate surface area is 104 Å². The molecular weight excluding hydrogens is 216 g/mol. The number of nitrogens with one attached hydrogen (secondary N) is 1. The first-order chi connectivity index (χ1) is 7.68. The Morgan fingerprint density at radius 2 is 2.18 bits per heavy atom. The minimum absolute atomic E-state index is 0.103. The molecule has 1 unspecified atom stereocenters. The van der Waals surface area contributed by atoms with Crippen LogP contribution < -0.4 is 11.1 Å². The van der Waals surface area contributed by atoms with Crippen molar-refractivity contribution in [2.75, 3.05) is 6.61 Å². The third-order valence-corrected chi connectivity index (χ3v) is 3.06. The van der Waals surface area contributed by atoms with E-state index < -0.39 is 0 Å². The molecule has 0 aliphatic carbocycles. The van der Waals surface area contributed by atoms with Gasteiger partial charge in [0, 0.05) is 24.6 Å². The van der Waals surface area contributed by atoms with Crippen molar-refractivity contribution in [3.63, 3.8) is 0 Å². The van der Waals surface area contributed by atoms with Gasteiger partial charge in [0.25, 0.3) is 0 Å². The smallest absolute Gasteiger partial charge is 0.220 e. The number of carbonyl (C=O) groups excluding carboxylic acids is 1. The second kappa shape index (κ2) is 5.36. The molecule has 0 aromatic rings. The monoisotopic (exact) mass is 242 g/mol. The Bertz CT molecular complexity index is 269. The van der Waals surface area contributed by atoms with Gasteiger partial charge in [0.1, 0.15) is 0 Å². The lowest BCUT2D eigenvalue weighted by molar-refractivity contribution is -0.124. The lowest BCUT2D eigenvalue weighted by Crippen LogP contribution is -2.46. The average molecular weight is 242 g/mol. The Morgan fingerprint density at radius 3 is 2.71 bits per heavy atom. The SMILES string of the molecule is CC(C)(N)CCC(=O)NC1CCOC(C)(C)C1. The van der Waals surface area contributed by atoms with Gasteiger partial charge in [-0.15, -0.1) is 0 Å². The predicted molar refractivity (Wildman–Crippen MR) is 68.7 cm³/mol. The van der Waals surface area contributed by atoms with Gasteiger partial charge < -0.3 is 15.8 Å². The molecular formula is C13H26N2O2. The number of carbonyl (C=O) groups is 1. The zero-order valence-corrected chi connectivity index (χ0v) is 11.5. The molecule has 0 aromatic heterocycles. The minimum atomic E-state index is -0.272. The third kappa shape index (κ3) is 6.03. The van der Waals surface area contributed by atoms with E-state index in [1.165, 1.54) is 0 Å². The topological polar surface area (TPSA) is 64.4 Å². The summed E-state index contributed by atoms with van der Waals surface area (Å²) in [6.45, 7) is 8.73. The minimum Gasteiger partial charge on any atom is -0.375 e. The molecule has 0 bridgehead atoms. The standard InChI is InChI=1S/C13H26N2O2/c1-12(2,14)7-5-11(16)15-10-6-8-17-13(3,4)9-10/h10H,5-9,14H2,1-4H3,(H,15,16). The highest BCUT2D eigenvalue weighted by Crippen LogP contribution is 2.24. The van der Waals surface area contributed by atoms with Crippen LogP contribution in [0.3, 0.4) is 0 Å². The molecule has 3 N–H and O–H groups in total. The van der Waals surface area contributed by atoms with Crippen LogP contribution in [0.25, 0.3) is 0 Å². The van der Waals surface area contributed by atoms with Crippen molar-refractivity contribution in [2.24, 2.45) is 5.73 Å². The van der Waals surface area contributed by atoms with Gasteiger partial charge in [-0.1, -0.05) is 0 Å². The highest BCUT2D eigenvalue weighted by atomic mass is 16.5. The van der Waals surface area contributed by atoms with Crippen LogP contribution in [0, 0.1) is 0 Å². The van der Waals surface area contributed by atoms with Gasteiger partial charge in [0.15, 0.2) is 0 Å². The largest absolute Gasteiger partial charge is 0.375 e. The fourth-order valence-corrected chi connectivity index (χ4v) is 2.09. The summed E-state index contributed by atoms with van der Waals surface area (Å²) in [5, 5.41) is 3.07. The Kier molecular flexibility index (Phi) is 4.55. The molecule has 100 valence electrons. The van der Waals surface area contributed by atoms with E-state index in [1.54, 1.807) is 0 Å². The predicted octanol–water partition coefficient (Wildman–Crippen LogP) is 1.58. The molecule has 0 spiro atoms. The van der Waals surface area contributed by atoms with E-state index >= 15 is 0 Å². The van der Waals surface area contributed by atoms with Gasteiger partial charge in [-0.3, -0.25) is 4.79 Å². The third-order valence-electron chi connectivity index (χ3n) is 3.06.